The summed E-state index contributed by atoms with van der Waals surface area (Å²) in [7, 11) is 0. The van der Waals surface area contributed by atoms with Crippen molar-refractivity contribution in [1.29, 1.82) is 5.26 Å². The van der Waals surface area contributed by atoms with E-state index < -0.39 is 0 Å². The first-order valence-electron chi connectivity index (χ1n) is 8.80. The predicted octanol–water partition coefficient (Wildman–Crippen LogP) is 6.17. The Balaban J connectivity index is 0.00000261. The first-order valence-corrected chi connectivity index (χ1v) is 9.59. The van der Waals surface area contributed by atoms with Crippen LogP contribution in [0.3, 0.4) is 0 Å². The van der Waals surface area contributed by atoms with Crippen LogP contribution in [0.1, 0.15) is 55.9 Å². The lowest BCUT2D eigenvalue weighted by Gasteiger charge is -2.15. The molecule has 0 fully saturated rings. The molecule has 0 aromatic heterocycles. The maximum absolute atomic E-state index is 9.65. The molecule has 0 radical (unpaired) electrons. The zero-order valence-electron chi connectivity index (χ0n) is 14.7. The molecule has 3 rings (SSSR count). The van der Waals surface area contributed by atoms with Crippen molar-refractivity contribution in [2.75, 3.05) is 11.9 Å². The number of hydrogen-bond acceptors (Lipinski definition) is 3. The molecule has 0 saturated heterocycles. The summed E-state index contributed by atoms with van der Waals surface area (Å²) in [4.78, 5) is 5.34. The highest BCUT2D eigenvalue weighted by Gasteiger charge is 2.20. The molecule has 0 spiro atoms. The quantitative estimate of drug-likeness (QED) is 0.484. The fourth-order valence-corrected chi connectivity index (χ4v) is 3.53. The number of unbranched alkanes of at least 4 members (excludes halogenated alkanes) is 2. The van der Waals surface area contributed by atoms with E-state index in [2.05, 4.69) is 23.3 Å². The predicted molar refractivity (Wildman–Crippen MR) is 119 cm³/mol. The van der Waals surface area contributed by atoms with Crippen LogP contribution in [-0.2, 0) is 6.42 Å². The molecule has 1 aliphatic rings. The molecule has 0 atom stereocenters. The Morgan fingerprint density at radius 2 is 2.00 bits per heavy atom. The van der Waals surface area contributed by atoms with Gasteiger partial charge in [-0.05, 0) is 36.6 Å². The number of hydrogen-bond donors (Lipinski definition) is 1. The van der Waals surface area contributed by atoms with Gasteiger partial charge in [-0.1, -0.05) is 69.2 Å². The van der Waals surface area contributed by atoms with Gasteiger partial charge in [0.2, 0.25) is 0 Å². The number of benzodiazepines with no additional fused rings is 1. The number of rotatable bonds is 5. The Kier molecular flexibility index (Phi) is 7.53. The van der Waals surface area contributed by atoms with Crippen molar-refractivity contribution in [3.05, 3.63) is 63.7 Å². The van der Waals surface area contributed by atoms with Gasteiger partial charge >= 0.3 is 0 Å². The van der Waals surface area contributed by atoms with Crippen LogP contribution < -0.4 is 5.32 Å². The number of nitrogens with one attached hydrogen (secondary N) is 1. The van der Waals surface area contributed by atoms with Gasteiger partial charge in [0.25, 0.3) is 0 Å². The lowest BCUT2D eigenvalue weighted by atomic mass is 9.93. The smallest absolute Gasteiger partial charge is 0.102 e. The van der Waals surface area contributed by atoms with E-state index in [1.54, 1.807) is 0 Å². The normalized spacial score (nSPS) is 12.8. The van der Waals surface area contributed by atoms with Gasteiger partial charge in [-0.15, -0.1) is 0 Å². The lowest BCUT2D eigenvalue weighted by Crippen LogP contribution is -2.12. The second-order valence-electron chi connectivity index (χ2n) is 6.32. The summed E-state index contributed by atoms with van der Waals surface area (Å²) in [6.07, 6.45) is 4.26. The third kappa shape index (κ3) is 4.74. The molecular formula is C22H24ClN3S. The van der Waals surface area contributed by atoms with Gasteiger partial charge in [0, 0.05) is 21.8 Å². The summed E-state index contributed by atoms with van der Waals surface area (Å²) in [6.45, 7) is 2.58. The van der Waals surface area contributed by atoms with Crippen LogP contribution in [0.5, 0.6) is 0 Å². The minimum absolute atomic E-state index is 0. The largest absolute Gasteiger partial charge is 0.348 e. The van der Waals surface area contributed by atoms with E-state index in [0.29, 0.717) is 22.1 Å². The van der Waals surface area contributed by atoms with Gasteiger partial charge in [0.15, 0.2) is 0 Å². The molecule has 0 saturated carbocycles. The maximum atomic E-state index is 9.65. The van der Waals surface area contributed by atoms with E-state index in [-0.39, 0.29) is 7.43 Å². The number of aryl methyl sites for hydroxylation is 1. The highest BCUT2D eigenvalue weighted by Crippen LogP contribution is 2.30. The van der Waals surface area contributed by atoms with E-state index in [4.69, 9.17) is 23.8 Å². The van der Waals surface area contributed by atoms with Gasteiger partial charge in [-0.25, -0.2) is 0 Å². The van der Waals surface area contributed by atoms with E-state index in [9.17, 15) is 5.26 Å². The standard InChI is InChI=1S/C21H20ClN3S.CH4/c1-2-3-4-7-14-11-19-17(10-15(14)12-23)21(24-13-20(26)25-19)16-8-5-6-9-18(16)22;/h5-6,8-11H,2-4,7,13H2,1H3,(H,25,26);1H4. The third-order valence-electron chi connectivity index (χ3n) is 4.45. The van der Waals surface area contributed by atoms with Crippen LogP contribution >= 0.6 is 23.8 Å². The fourth-order valence-electron chi connectivity index (χ4n) is 3.13. The number of nitrogens with zero attached hydrogens (tertiary/aromatic N) is 2. The fraction of sp³-hybridized carbons (Fsp3) is 0.318. The number of fused-ring (bicyclic) bond motifs is 1. The van der Waals surface area contributed by atoms with Crippen LogP contribution in [0.4, 0.5) is 5.69 Å². The minimum atomic E-state index is 0. The van der Waals surface area contributed by atoms with Crippen molar-refractivity contribution in [1.82, 2.24) is 0 Å². The molecule has 0 aliphatic carbocycles. The molecule has 1 aliphatic heterocycles. The Morgan fingerprint density at radius 3 is 2.70 bits per heavy atom. The molecule has 0 amide bonds. The second kappa shape index (κ2) is 9.64. The summed E-state index contributed by atoms with van der Waals surface area (Å²) in [6, 6.07) is 13.9. The van der Waals surface area contributed by atoms with Crippen LogP contribution in [0.2, 0.25) is 5.02 Å². The van der Waals surface area contributed by atoms with Crippen molar-refractivity contribution >= 4 is 40.2 Å². The zero-order chi connectivity index (χ0) is 18.5. The molecule has 1 N–H and O–H groups in total. The van der Waals surface area contributed by atoms with Crippen LogP contribution in [0.15, 0.2) is 41.4 Å². The van der Waals surface area contributed by atoms with E-state index in [1.807, 2.05) is 36.4 Å². The van der Waals surface area contributed by atoms with E-state index in [1.165, 1.54) is 0 Å². The molecule has 140 valence electrons. The summed E-state index contributed by atoms with van der Waals surface area (Å²) in [5, 5.41) is 13.6. The van der Waals surface area contributed by atoms with Crippen molar-refractivity contribution in [2.45, 2.75) is 40.0 Å². The molecule has 27 heavy (non-hydrogen) atoms. The van der Waals surface area contributed by atoms with Crippen LogP contribution in [0.25, 0.3) is 0 Å². The SMILES string of the molecule is C.CCCCCc1cc2c(cc1C#N)C(c1ccccc1Cl)=NCC(=S)N2. The molecule has 1 heterocycles. The maximum Gasteiger partial charge on any atom is 0.102 e. The lowest BCUT2D eigenvalue weighted by molar-refractivity contribution is 0.717. The van der Waals surface area contributed by atoms with Crippen molar-refractivity contribution in [3.8, 4) is 6.07 Å². The summed E-state index contributed by atoms with van der Waals surface area (Å²) in [5.41, 5.74) is 5.13. The van der Waals surface area contributed by atoms with Gasteiger partial charge < -0.3 is 5.32 Å². The van der Waals surface area contributed by atoms with Gasteiger partial charge in [0.1, 0.15) is 4.99 Å². The topological polar surface area (TPSA) is 48.2 Å². The Morgan fingerprint density at radius 1 is 1.22 bits per heavy atom. The summed E-state index contributed by atoms with van der Waals surface area (Å²) in [5.74, 6) is 0. The monoisotopic (exact) mass is 397 g/mol. The van der Waals surface area contributed by atoms with Crippen molar-refractivity contribution in [2.24, 2.45) is 4.99 Å². The first-order chi connectivity index (χ1) is 12.6. The van der Waals surface area contributed by atoms with Crippen LogP contribution in [0, 0.1) is 11.3 Å². The number of anilines is 1. The third-order valence-corrected chi connectivity index (χ3v) is 5.01. The zero-order valence-corrected chi connectivity index (χ0v) is 16.3. The molecule has 2 aromatic carbocycles. The average molecular weight is 398 g/mol. The number of aliphatic imine (C=N–C) groups is 1. The second-order valence-corrected chi connectivity index (χ2v) is 7.22. The average Bonchev–Trinajstić information content (AvgIpc) is 2.79. The van der Waals surface area contributed by atoms with Crippen molar-refractivity contribution < 1.29 is 0 Å². The highest BCUT2D eigenvalue weighted by molar-refractivity contribution is 7.80. The molecule has 2 aromatic rings. The first kappa shape index (κ1) is 21.1. The molecular weight excluding hydrogens is 374 g/mol. The molecule has 5 heteroatoms. The van der Waals surface area contributed by atoms with Crippen molar-refractivity contribution in [3.63, 3.8) is 0 Å². The van der Waals surface area contributed by atoms with Gasteiger partial charge in [-0.2, -0.15) is 5.26 Å². The number of halogens is 1. The molecule has 3 nitrogen and oxygen atoms in total. The Labute approximate surface area is 172 Å². The number of benzene rings is 2. The van der Waals surface area contributed by atoms with E-state index in [0.717, 1.165) is 53.8 Å². The summed E-state index contributed by atoms with van der Waals surface area (Å²) < 4.78 is 0. The Hall–Kier alpha value is -2.22. The molecule has 0 unspecified atom stereocenters. The number of nitriles is 1. The highest BCUT2D eigenvalue weighted by atomic mass is 35.5. The Bertz CT molecular complexity index is 912. The van der Waals surface area contributed by atoms with Crippen LogP contribution in [-0.4, -0.2) is 17.2 Å². The summed E-state index contributed by atoms with van der Waals surface area (Å²) >= 11 is 11.8. The van der Waals surface area contributed by atoms with E-state index >= 15 is 0 Å². The number of thiocarbonyl (C=S) groups is 1. The van der Waals surface area contributed by atoms with Gasteiger partial charge in [-0.3, -0.25) is 4.99 Å². The minimum Gasteiger partial charge on any atom is -0.348 e. The molecule has 0 bridgehead atoms. The van der Waals surface area contributed by atoms with Gasteiger partial charge in [0.05, 0.1) is 23.9 Å².